The Bertz CT molecular complexity index is 853. The highest BCUT2D eigenvalue weighted by Gasteiger charge is 2.36. The highest BCUT2D eigenvalue weighted by molar-refractivity contribution is 6.31. The predicted molar refractivity (Wildman–Crippen MR) is 102 cm³/mol. The van der Waals surface area contributed by atoms with Gasteiger partial charge >= 0.3 is 0 Å². The van der Waals surface area contributed by atoms with Crippen LogP contribution >= 0.6 is 11.6 Å². The molecule has 5 nitrogen and oxygen atoms in total. The average Bonchev–Trinajstić information content (AvgIpc) is 2.66. The number of carbonyl (C=O) groups excluding carboxylic acids is 2. The molecular weight excluding hydrogens is 352 g/mol. The molecule has 3 rings (SSSR count). The number of carbonyl (C=O) groups is 2. The summed E-state index contributed by atoms with van der Waals surface area (Å²) in [7, 11) is 1.56. The minimum absolute atomic E-state index is 0.113. The van der Waals surface area contributed by atoms with Crippen LogP contribution in [0.2, 0.25) is 5.02 Å². The van der Waals surface area contributed by atoms with Gasteiger partial charge in [0.15, 0.2) is 0 Å². The fourth-order valence-corrected chi connectivity index (χ4v) is 3.37. The van der Waals surface area contributed by atoms with Gasteiger partial charge in [-0.2, -0.15) is 0 Å². The lowest BCUT2D eigenvalue weighted by Gasteiger charge is -2.39. The second-order valence-corrected chi connectivity index (χ2v) is 6.69. The molecule has 0 bridgehead atoms. The number of methoxy groups -OCH3 is 1. The molecule has 1 saturated heterocycles. The van der Waals surface area contributed by atoms with Crippen molar-refractivity contribution in [1.29, 1.82) is 0 Å². The zero-order valence-corrected chi connectivity index (χ0v) is 15.8. The first-order valence-corrected chi connectivity index (χ1v) is 8.83. The quantitative estimate of drug-likeness (QED) is 0.828. The smallest absolute Gasteiger partial charge is 0.254 e. The van der Waals surface area contributed by atoms with Crippen LogP contribution in [0.4, 0.5) is 5.69 Å². The van der Waals surface area contributed by atoms with Gasteiger partial charge < -0.3 is 14.5 Å². The lowest BCUT2D eigenvalue weighted by atomic mass is 10.1. The number of rotatable bonds is 3. The molecule has 0 aliphatic carbocycles. The molecule has 0 spiro atoms. The highest BCUT2D eigenvalue weighted by Crippen LogP contribution is 2.29. The summed E-state index contributed by atoms with van der Waals surface area (Å²) in [5.41, 5.74) is 2.17. The summed E-state index contributed by atoms with van der Waals surface area (Å²) in [4.78, 5) is 29.1. The van der Waals surface area contributed by atoms with E-state index in [1.165, 1.54) is 0 Å². The first-order valence-electron chi connectivity index (χ1n) is 8.45. The number of benzene rings is 2. The van der Waals surface area contributed by atoms with Crippen molar-refractivity contribution in [1.82, 2.24) is 4.90 Å². The molecule has 6 heteroatoms. The van der Waals surface area contributed by atoms with Gasteiger partial charge in [0.1, 0.15) is 11.8 Å². The van der Waals surface area contributed by atoms with Crippen molar-refractivity contribution in [2.24, 2.45) is 0 Å². The Morgan fingerprint density at radius 3 is 2.65 bits per heavy atom. The molecule has 1 aliphatic rings. The summed E-state index contributed by atoms with van der Waals surface area (Å²) in [6.07, 6.45) is 0. The number of halogens is 1. The van der Waals surface area contributed by atoms with Crippen LogP contribution in [0, 0.1) is 6.92 Å². The van der Waals surface area contributed by atoms with Gasteiger partial charge in [0.25, 0.3) is 5.91 Å². The Kier molecular flexibility index (Phi) is 5.18. The molecule has 0 saturated carbocycles. The van der Waals surface area contributed by atoms with E-state index in [1.54, 1.807) is 54.2 Å². The lowest BCUT2D eigenvalue weighted by Crippen LogP contribution is -2.58. The standard InChI is InChI=1S/C20H21ClN2O3/c1-13-17(21)8-5-9-18(13)23-11-10-22(14(2)19(23)24)20(25)15-6-4-7-16(12-15)26-3/h4-9,12,14H,10-11H2,1-3H3. The molecule has 2 aromatic rings. The Hall–Kier alpha value is -2.53. The van der Waals surface area contributed by atoms with Crippen molar-refractivity contribution in [3.8, 4) is 5.75 Å². The normalized spacial score (nSPS) is 17.4. The van der Waals surface area contributed by atoms with Crippen LogP contribution < -0.4 is 9.64 Å². The molecule has 26 heavy (non-hydrogen) atoms. The van der Waals surface area contributed by atoms with Gasteiger partial charge in [-0.25, -0.2) is 0 Å². The van der Waals surface area contributed by atoms with E-state index in [0.717, 1.165) is 11.3 Å². The molecule has 0 N–H and O–H groups in total. The Morgan fingerprint density at radius 2 is 1.92 bits per heavy atom. The molecule has 1 fully saturated rings. The van der Waals surface area contributed by atoms with E-state index in [2.05, 4.69) is 0 Å². The van der Waals surface area contributed by atoms with Crippen molar-refractivity contribution in [3.63, 3.8) is 0 Å². The predicted octanol–water partition coefficient (Wildman–Crippen LogP) is 3.53. The minimum Gasteiger partial charge on any atom is -0.497 e. The molecule has 1 atom stereocenters. The maximum atomic E-state index is 12.9. The van der Waals surface area contributed by atoms with Gasteiger partial charge in [-0.15, -0.1) is 0 Å². The third-order valence-corrected chi connectivity index (χ3v) is 5.17. The summed E-state index contributed by atoms with van der Waals surface area (Å²) < 4.78 is 5.18. The molecule has 0 aromatic heterocycles. The Morgan fingerprint density at radius 1 is 1.19 bits per heavy atom. The summed E-state index contributed by atoms with van der Waals surface area (Å²) >= 11 is 6.19. The summed E-state index contributed by atoms with van der Waals surface area (Å²) in [5, 5.41) is 0.623. The van der Waals surface area contributed by atoms with E-state index in [9.17, 15) is 9.59 Å². The van der Waals surface area contributed by atoms with E-state index in [-0.39, 0.29) is 11.8 Å². The molecule has 2 amide bonds. The summed E-state index contributed by atoms with van der Waals surface area (Å²) in [6.45, 7) is 4.53. The Labute approximate surface area is 158 Å². The van der Waals surface area contributed by atoms with Gasteiger partial charge in [0.2, 0.25) is 5.91 Å². The Balaban J connectivity index is 1.83. The fourth-order valence-electron chi connectivity index (χ4n) is 3.20. The van der Waals surface area contributed by atoms with Crippen LogP contribution in [0.15, 0.2) is 42.5 Å². The molecule has 1 unspecified atom stereocenters. The highest BCUT2D eigenvalue weighted by atomic mass is 35.5. The van der Waals surface area contributed by atoms with Crippen molar-refractivity contribution in [2.75, 3.05) is 25.1 Å². The molecule has 1 aliphatic heterocycles. The molecule has 136 valence electrons. The van der Waals surface area contributed by atoms with Crippen molar-refractivity contribution in [2.45, 2.75) is 19.9 Å². The summed E-state index contributed by atoms with van der Waals surface area (Å²) in [5.74, 6) is 0.327. The van der Waals surface area contributed by atoms with Gasteiger partial charge in [0, 0.05) is 29.4 Å². The molecule has 1 heterocycles. The zero-order valence-electron chi connectivity index (χ0n) is 15.0. The fraction of sp³-hybridized carbons (Fsp3) is 0.300. The minimum atomic E-state index is -0.555. The number of amides is 2. The lowest BCUT2D eigenvalue weighted by molar-refractivity contribution is -0.124. The maximum absolute atomic E-state index is 12.9. The zero-order chi connectivity index (χ0) is 18.8. The number of hydrogen-bond acceptors (Lipinski definition) is 3. The van der Waals surface area contributed by atoms with Crippen molar-refractivity contribution < 1.29 is 14.3 Å². The summed E-state index contributed by atoms with van der Waals surface area (Å²) in [6, 6.07) is 11.9. The van der Waals surface area contributed by atoms with Crippen molar-refractivity contribution in [3.05, 3.63) is 58.6 Å². The SMILES string of the molecule is COc1cccc(C(=O)N2CCN(c3cccc(Cl)c3C)C(=O)C2C)c1. The van der Waals surface area contributed by atoms with Crippen LogP contribution in [0.1, 0.15) is 22.8 Å². The molecule has 2 aromatic carbocycles. The van der Waals surface area contributed by atoms with E-state index in [0.29, 0.717) is 29.4 Å². The van der Waals surface area contributed by atoms with Crippen LogP contribution in [0.3, 0.4) is 0 Å². The monoisotopic (exact) mass is 372 g/mol. The third-order valence-electron chi connectivity index (χ3n) is 4.76. The number of nitrogens with zero attached hydrogens (tertiary/aromatic N) is 2. The number of ether oxygens (including phenoxy) is 1. The number of anilines is 1. The average molecular weight is 373 g/mol. The molecular formula is C20H21ClN2O3. The second kappa shape index (κ2) is 7.38. The first-order chi connectivity index (χ1) is 12.4. The van der Waals surface area contributed by atoms with Crippen LogP contribution in [0.25, 0.3) is 0 Å². The number of piperazine rings is 1. The van der Waals surface area contributed by atoms with Crippen LogP contribution in [-0.4, -0.2) is 43.0 Å². The van der Waals surface area contributed by atoms with Crippen molar-refractivity contribution >= 4 is 29.1 Å². The number of hydrogen-bond donors (Lipinski definition) is 0. The van der Waals surface area contributed by atoms with Gasteiger partial charge in [-0.05, 0) is 49.7 Å². The van der Waals surface area contributed by atoms with E-state index < -0.39 is 6.04 Å². The largest absolute Gasteiger partial charge is 0.497 e. The maximum Gasteiger partial charge on any atom is 0.254 e. The van der Waals surface area contributed by atoms with Gasteiger partial charge in [-0.1, -0.05) is 23.7 Å². The molecule has 0 radical (unpaired) electrons. The van der Waals surface area contributed by atoms with E-state index in [1.807, 2.05) is 19.1 Å². The van der Waals surface area contributed by atoms with Gasteiger partial charge in [-0.3, -0.25) is 9.59 Å². The third kappa shape index (κ3) is 3.27. The van der Waals surface area contributed by atoms with Gasteiger partial charge in [0.05, 0.1) is 7.11 Å². The van der Waals surface area contributed by atoms with E-state index in [4.69, 9.17) is 16.3 Å². The second-order valence-electron chi connectivity index (χ2n) is 6.28. The van der Waals surface area contributed by atoms with E-state index >= 15 is 0 Å². The van der Waals surface area contributed by atoms with Crippen LogP contribution in [0.5, 0.6) is 5.75 Å². The first kappa shape index (κ1) is 18.3. The topological polar surface area (TPSA) is 49.9 Å². The van der Waals surface area contributed by atoms with Crippen LogP contribution in [-0.2, 0) is 4.79 Å².